The molecule has 1 aromatic carbocycles. The quantitative estimate of drug-likeness (QED) is 0.846. The SMILES string of the molecule is CCNC(Cc1ccccc1OC)C(C)(C)C. The van der Waals surface area contributed by atoms with Crippen molar-refractivity contribution in [2.24, 2.45) is 5.41 Å². The highest BCUT2D eigenvalue weighted by Gasteiger charge is 2.24. The Kier molecular flexibility index (Phi) is 5.01. The van der Waals surface area contributed by atoms with Crippen LogP contribution in [0.1, 0.15) is 33.3 Å². The van der Waals surface area contributed by atoms with Crippen molar-refractivity contribution in [3.8, 4) is 5.75 Å². The van der Waals surface area contributed by atoms with Gasteiger partial charge in [0, 0.05) is 6.04 Å². The van der Waals surface area contributed by atoms with Crippen molar-refractivity contribution in [1.82, 2.24) is 5.32 Å². The van der Waals surface area contributed by atoms with E-state index in [9.17, 15) is 0 Å². The molecule has 2 heteroatoms. The number of rotatable bonds is 5. The summed E-state index contributed by atoms with van der Waals surface area (Å²) in [6, 6.07) is 8.73. The maximum atomic E-state index is 5.41. The third kappa shape index (κ3) is 4.04. The van der Waals surface area contributed by atoms with E-state index in [2.05, 4.69) is 45.1 Å². The van der Waals surface area contributed by atoms with Crippen LogP contribution in [0.3, 0.4) is 0 Å². The number of para-hydroxylation sites is 1. The molecule has 0 fully saturated rings. The molecule has 2 nitrogen and oxygen atoms in total. The van der Waals surface area contributed by atoms with Crippen molar-refractivity contribution in [2.45, 2.75) is 40.2 Å². The van der Waals surface area contributed by atoms with Gasteiger partial charge in [0.25, 0.3) is 0 Å². The van der Waals surface area contributed by atoms with E-state index < -0.39 is 0 Å². The highest BCUT2D eigenvalue weighted by Crippen LogP contribution is 2.26. The van der Waals surface area contributed by atoms with Gasteiger partial charge in [-0.05, 0) is 30.0 Å². The van der Waals surface area contributed by atoms with Crippen LogP contribution in [0.25, 0.3) is 0 Å². The van der Waals surface area contributed by atoms with Gasteiger partial charge in [0.2, 0.25) is 0 Å². The molecule has 1 rings (SSSR count). The summed E-state index contributed by atoms with van der Waals surface area (Å²) in [5.74, 6) is 0.986. The number of ether oxygens (including phenoxy) is 1. The predicted molar refractivity (Wildman–Crippen MR) is 73.6 cm³/mol. The van der Waals surface area contributed by atoms with E-state index >= 15 is 0 Å². The molecule has 0 aliphatic carbocycles. The molecule has 1 unspecified atom stereocenters. The molecule has 17 heavy (non-hydrogen) atoms. The highest BCUT2D eigenvalue weighted by atomic mass is 16.5. The molecule has 0 amide bonds. The summed E-state index contributed by atoms with van der Waals surface area (Å²) >= 11 is 0. The number of likely N-dealkylation sites (N-methyl/N-ethyl adjacent to an activating group) is 1. The average molecular weight is 235 g/mol. The van der Waals surface area contributed by atoms with Crippen LogP contribution >= 0.6 is 0 Å². The van der Waals surface area contributed by atoms with Gasteiger partial charge in [0.1, 0.15) is 5.75 Å². The van der Waals surface area contributed by atoms with E-state index in [1.54, 1.807) is 7.11 Å². The molecule has 0 radical (unpaired) electrons. The Balaban J connectivity index is 2.86. The van der Waals surface area contributed by atoms with E-state index in [4.69, 9.17) is 4.74 Å². The molecule has 1 N–H and O–H groups in total. The van der Waals surface area contributed by atoms with Crippen LogP contribution in [-0.4, -0.2) is 19.7 Å². The van der Waals surface area contributed by atoms with Gasteiger partial charge in [-0.1, -0.05) is 45.9 Å². The molecule has 0 aliphatic heterocycles. The van der Waals surface area contributed by atoms with Crippen LogP contribution in [0.5, 0.6) is 5.75 Å². The van der Waals surface area contributed by atoms with Crippen molar-refractivity contribution in [2.75, 3.05) is 13.7 Å². The molecular weight excluding hydrogens is 210 g/mol. The zero-order valence-electron chi connectivity index (χ0n) is 11.7. The van der Waals surface area contributed by atoms with E-state index in [0.717, 1.165) is 18.7 Å². The lowest BCUT2D eigenvalue weighted by molar-refractivity contribution is 0.268. The van der Waals surface area contributed by atoms with Crippen LogP contribution in [0.2, 0.25) is 0 Å². The van der Waals surface area contributed by atoms with Gasteiger partial charge in [0.15, 0.2) is 0 Å². The Morgan fingerprint density at radius 3 is 2.41 bits per heavy atom. The predicted octanol–water partition coefficient (Wildman–Crippen LogP) is 3.26. The Bertz CT molecular complexity index is 341. The average Bonchev–Trinajstić information content (AvgIpc) is 2.28. The number of nitrogens with one attached hydrogen (secondary N) is 1. The maximum Gasteiger partial charge on any atom is 0.122 e. The third-order valence-corrected chi connectivity index (χ3v) is 3.11. The summed E-state index contributed by atoms with van der Waals surface area (Å²) in [4.78, 5) is 0. The molecule has 0 saturated carbocycles. The zero-order chi connectivity index (χ0) is 12.9. The van der Waals surface area contributed by atoms with Gasteiger partial charge in [-0.2, -0.15) is 0 Å². The normalized spacial score (nSPS) is 13.5. The number of benzene rings is 1. The molecule has 0 heterocycles. The molecule has 1 atom stereocenters. The maximum absolute atomic E-state index is 5.41. The Morgan fingerprint density at radius 1 is 1.24 bits per heavy atom. The van der Waals surface area contributed by atoms with E-state index in [0.29, 0.717) is 6.04 Å². The van der Waals surface area contributed by atoms with Gasteiger partial charge in [0.05, 0.1) is 7.11 Å². The lowest BCUT2D eigenvalue weighted by atomic mass is 9.83. The van der Waals surface area contributed by atoms with Gasteiger partial charge >= 0.3 is 0 Å². The fourth-order valence-corrected chi connectivity index (χ4v) is 2.02. The second-order valence-electron chi connectivity index (χ2n) is 5.49. The summed E-state index contributed by atoms with van der Waals surface area (Å²) in [6.45, 7) is 9.97. The lowest BCUT2D eigenvalue weighted by Gasteiger charge is -2.32. The molecule has 0 aliphatic rings. The van der Waals surface area contributed by atoms with E-state index in [-0.39, 0.29) is 5.41 Å². The first-order valence-corrected chi connectivity index (χ1v) is 6.34. The topological polar surface area (TPSA) is 21.3 Å². The number of hydrogen-bond acceptors (Lipinski definition) is 2. The van der Waals surface area contributed by atoms with Gasteiger partial charge in [-0.25, -0.2) is 0 Å². The molecular formula is C15H25NO. The number of methoxy groups -OCH3 is 1. The lowest BCUT2D eigenvalue weighted by Crippen LogP contribution is -2.41. The van der Waals surface area contributed by atoms with Crippen LogP contribution in [-0.2, 0) is 6.42 Å². The first kappa shape index (κ1) is 14.0. The summed E-state index contributed by atoms with van der Waals surface area (Å²) in [5.41, 5.74) is 1.52. The highest BCUT2D eigenvalue weighted by molar-refractivity contribution is 5.34. The summed E-state index contributed by atoms with van der Waals surface area (Å²) in [7, 11) is 1.73. The standard InChI is InChI=1S/C15H25NO/c1-6-16-14(15(2,3)4)11-12-9-7-8-10-13(12)17-5/h7-10,14,16H,6,11H2,1-5H3. The Labute approximate surface area is 105 Å². The van der Waals surface area contributed by atoms with E-state index in [1.165, 1.54) is 5.56 Å². The van der Waals surface area contributed by atoms with Crippen LogP contribution in [0.4, 0.5) is 0 Å². The van der Waals surface area contributed by atoms with Crippen molar-refractivity contribution in [3.63, 3.8) is 0 Å². The zero-order valence-corrected chi connectivity index (χ0v) is 11.7. The van der Waals surface area contributed by atoms with Gasteiger partial charge in [-0.15, -0.1) is 0 Å². The van der Waals surface area contributed by atoms with Crippen molar-refractivity contribution < 1.29 is 4.74 Å². The summed E-state index contributed by atoms with van der Waals surface area (Å²) in [6.07, 6.45) is 1.00. The van der Waals surface area contributed by atoms with Crippen LogP contribution < -0.4 is 10.1 Å². The third-order valence-electron chi connectivity index (χ3n) is 3.11. The Morgan fingerprint density at radius 2 is 1.88 bits per heavy atom. The molecule has 96 valence electrons. The smallest absolute Gasteiger partial charge is 0.122 e. The minimum absolute atomic E-state index is 0.247. The monoisotopic (exact) mass is 235 g/mol. The molecule has 0 aromatic heterocycles. The summed E-state index contributed by atoms with van der Waals surface area (Å²) < 4.78 is 5.41. The fraction of sp³-hybridized carbons (Fsp3) is 0.600. The first-order chi connectivity index (χ1) is 7.99. The largest absolute Gasteiger partial charge is 0.496 e. The molecule has 1 aromatic rings. The van der Waals surface area contributed by atoms with Crippen LogP contribution in [0.15, 0.2) is 24.3 Å². The Hall–Kier alpha value is -1.02. The van der Waals surface area contributed by atoms with Gasteiger partial charge in [-0.3, -0.25) is 0 Å². The van der Waals surface area contributed by atoms with Crippen molar-refractivity contribution in [3.05, 3.63) is 29.8 Å². The second-order valence-corrected chi connectivity index (χ2v) is 5.49. The van der Waals surface area contributed by atoms with Crippen LogP contribution in [0, 0.1) is 5.41 Å². The van der Waals surface area contributed by atoms with E-state index in [1.807, 2.05) is 12.1 Å². The molecule has 0 saturated heterocycles. The minimum atomic E-state index is 0.247. The minimum Gasteiger partial charge on any atom is -0.496 e. The molecule has 0 spiro atoms. The summed E-state index contributed by atoms with van der Waals surface area (Å²) in [5, 5.41) is 3.57. The fourth-order valence-electron chi connectivity index (χ4n) is 2.02. The molecule has 0 bridgehead atoms. The van der Waals surface area contributed by atoms with Crippen molar-refractivity contribution >= 4 is 0 Å². The number of hydrogen-bond donors (Lipinski definition) is 1. The first-order valence-electron chi connectivity index (χ1n) is 6.34. The van der Waals surface area contributed by atoms with Gasteiger partial charge < -0.3 is 10.1 Å². The van der Waals surface area contributed by atoms with Crippen molar-refractivity contribution in [1.29, 1.82) is 0 Å². The second kappa shape index (κ2) is 6.06.